The van der Waals surface area contributed by atoms with Crippen molar-refractivity contribution in [2.24, 2.45) is 0 Å². The van der Waals surface area contributed by atoms with Gasteiger partial charge in [0.25, 0.3) is 0 Å². The first-order chi connectivity index (χ1) is 18.1. The van der Waals surface area contributed by atoms with Gasteiger partial charge in [-0.25, -0.2) is 13.1 Å². The normalized spacial score (nSPS) is 15.8. The molecule has 204 valence electrons. The molecule has 1 unspecified atom stereocenters. The van der Waals surface area contributed by atoms with Gasteiger partial charge in [0.15, 0.2) is 0 Å². The van der Waals surface area contributed by atoms with E-state index in [-0.39, 0.29) is 10.9 Å². The number of halogens is 1. The first-order valence-corrected chi connectivity index (χ1v) is 19.5. The van der Waals surface area contributed by atoms with Gasteiger partial charge in [-0.05, 0) is 26.0 Å². The Morgan fingerprint density at radius 1 is 1.13 bits per heavy atom. The van der Waals surface area contributed by atoms with Gasteiger partial charge in [0, 0.05) is 6.04 Å². The van der Waals surface area contributed by atoms with Crippen molar-refractivity contribution in [3.05, 3.63) is 53.1 Å². The molecule has 1 saturated heterocycles. The molecule has 3 aromatic rings. The summed E-state index contributed by atoms with van der Waals surface area (Å²) in [5.74, 6) is 1.45. The first-order valence-electron chi connectivity index (χ1n) is 12.3. The third-order valence-electron chi connectivity index (χ3n) is 6.25. The summed E-state index contributed by atoms with van der Waals surface area (Å²) in [6.45, 7) is 5.71. The number of nitrogens with one attached hydrogen (secondary N) is 3. The molecule has 1 aliphatic rings. The van der Waals surface area contributed by atoms with Gasteiger partial charge in [0.2, 0.25) is 10.0 Å². The fraction of sp³-hybridized carbons (Fsp3) is 0.385. The van der Waals surface area contributed by atoms with Crippen LogP contribution in [-0.2, 0) is 10.0 Å². The van der Waals surface area contributed by atoms with Crippen LogP contribution in [0.5, 0.6) is 5.75 Å². The molecule has 38 heavy (non-hydrogen) atoms. The fourth-order valence-corrected chi connectivity index (χ4v) is 8.46. The van der Waals surface area contributed by atoms with Gasteiger partial charge in [-0.3, -0.25) is 0 Å². The standard InChI is InChI=1S/C26H34AsBrN6O3S/c1-17(2)33-38(35,36)24-9-7-6-8-21(24)30-25-20(28)15-29-26(32-25)31-22-14-19(10-11-23(22)37-5)34-13-12-18(16-34)27(3)4/h6-11,14-15,17-18,33H,12-13,16H2,1-5H3,(H2,29,30,31,32). The number of methoxy groups -OCH3 is 1. The first kappa shape index (κ1) is 28.7. The van der Waals surface area contributed by atoms with Crippen LogP contribution in [0.4, 0.5) is 28.8 Å². The van der Waals surface area contributed by atoms with Crippen molar-refractivity contribution in [3.63, 3.8) is 0 Å². The zero-order valence-corrected chi connectivity index (χ0v) is 26.5. The average Bonchev–Trinajstić information content (AvgIpc) is 3.36. The Kier molecular flexibility index (Phi) is 9.23. The van der Waals surface area contributed by atoms with Gasteiger partial charge in [0.1, 0.15) is 4.90 Å². The predicted molar refractivity (Wildman–Crippen MR) is 159 cm³/mol. The van der Waals surface area contributed by atoms with Crippen molar-refractivity contribution >= 4 is 69.4 Å². The molecule has 0 spiro atoms. The maximum absolute atomic E-state index is 12.9. The van der Waals surface area contributed by atoms with Crippen molar-refractivity contribution in [1.82, 2.24) is 14.7 Å². The minimum absolute atomic E-state index is 0.136. The molecule has 2 aromatic carbocycles. The van der Waals surface area contributed by atoms with E-state index < -0.39 is 24.7 Å². The molecule has 0 aliphatic carbocycles. The minimum atomic E-state index is -3.72. The van der Waals surface area contributed by atoms with Crippen molar-refractivity contribution in [3.8, 4) is 5.75 Å². The number of hydrogen-bond acceptors (Lipinski definition) is 8. The van der Waals surface area contributed by atoms with E-state index in [1.54, 1.807) is 51.4 Å². The molecule has 1 atom stereocenters. The Labute approximate surface area is 238 Å². The van der Waals surface area contributed by atoms with E-state index in [9.17, 15) is 8.42 Å². The van der Waals surface area contributed by atoms with Crippen LogP contribution in [0, 0.1) is 0 Å². The van der Waals surface area contributed by atoms with Crippen molar-refractivity contribution in [2.45, 2.75) is 47.3 Å². The Hall–Kier alpha value is -2.33. The summed E-state index contributed by atoms with van der Waals surface area (Å²) in [6.07, 6.45) is 2.87. The molecular formula is C26H34AsBrN6O3S. The van der Waals surface area contributed by atoms with Crippen LogP contribution < -0.4 is 25.0 Å². The number of ether oxygens (including phenoxy) is 1. The summed E-state index contributed by atoms with van der Waals surface area (Å²) in [5.41, 5.74) is 7.15. The number of anilines is 5. The Morgan fingerprint density at radius 2 is 1.89 bits per heavy atom. The molecule has 0 amide bonds. The van der Waals surface area contributed by atoms with E-state index in [1.807, 2.05) is 6.07 Å². The van der Waals surface area contributed by atoms with E-state index in [1.165, 1.54) is 6.42 Å². The van der Waals surface area contributed by atoms with Gasteiger partial charge in [-0.1, -0.05) is 12.1 Å². The second-order valence-corrected chi connectivity index (χ2v) is 17.8. The number of hydrogen-bond donors (Lipinski definition) is 3. The third kappa shape index (κ3) is 6.80. The second-order valence-electron chi connectivity index (χ2n) is 9.65. The summed E-state index contributed by atoms with van der Waals surface area (Å²) in [5, 5.41) is 6.44. The molecule has 3 N–H and O–H groups in total. The van der Waals surface area contributed by atoms with Crippen LogP contribution >= 0.6 is 15.9 Å². The van der Waals surface area contributed by atoms with Gasteiger partial charge in [-0.15, -0.1) is 0 Å². The van der Waals surface area contributed by atoms with Crippen LogP contribution in [0.25, 0.3) is 0 Å². The van der Waals surface area contributed by atoms with E-state index in [2.05, 4.69) is 69.7 Å². The Morgan fingerprint density at radius 3 is 2.58 bits per heavy atom. The number of aromatic nitrogens is 2. The van der Waals surface area contributed by atoms with Gasteiger partial charge in [-0.2, -0.15) is 0 Å². The summed E-state index contributed by atoms with van der Waals surface area (Å²) in [7, 11) is -2.09. The summed E-state index contributed by atoms with van der Waals surface area (Å²) in [6, 6.07) is 12.6. The molecular weight excluding hydrogens is 631 g/mol. The molecule has 1 aromatic heterocycles. The van der Waals surface area contributed by atoms with Crippen molar-refractivity contribution in [2.75, 3.05) is 35.7 Å². The van der Waals surface area contributed by atoms with Crippen LogP contribution in [0.1, 0.15) is 20.3 Å². The van der Waals surface area contributed by atoms with Crippen LogP contribution in [0.2, 0.25) is 16.1 Å². The fourth-order valence-electron chi connectivity index (χ4n) is 4.33. The van der Waals surface area contributed by atoms with Crippen molar-refractivity contribution < 1.29 is 13.2 Å². The van der Waals surface area contributed by atoms with Crippen LogP contribution in [0.3, 0.4) is 0 Å². The molecule has 4 rings (SSSR count). The van der Waals surface area contributed by atoms with Crippen LogP contribution in [0.15, 0.2) is 58.0 Å². The number of benzene rings is 2. The molecule has 1 aliphatic heterocycles. The summed E-state index contributed by atoms with van der Waals surface area (Å²) >= 11 is 2.73. The van der Waals surface area contributed by atoms with E-state index >= 15 is 0 Å². The summed E-state index contributed by atoms with van der Waals surface area (Å²) < 4.78 is 35.4. The molecule has 12 heteroatoms. The molecule has 9 nitrogen and oxygen atoms in total. The SMILES string of the molecule is COc1ccc(N2CCC([As](C)C)C2)cc1Nc1ncc(Br)c(Nc2ccccc2S(=O)(=O)NC(C)C)n1. The second kappa shape index (κ2) is 12.2. The molecule has 1 fully saturated rings. The molecule has 2 heterocycles. The molecule has 0 bridgehead atoms. The Balaban J connectivity index is 1.60. The number of rotatable bonds is 10. The summed E-state index contributed by atoms with van der Waals surface area (Å²) in [4.78, 5) is 11.6. The average molecular weight is 665 g/mol. The Bertz CT molecular complexity index is 1390. The zero-order valence-electron chi connectivity index (χ0n) is 22.2. The van der Waals surface area contributed by atoms with Crippen molar-refractivity contribution in [1.29, 1.82) is 0 Å². The van der Waals surface area contributed by atoms with Crippen LogP contribution in [-0.4, -0.2) is 59.3 Å². The van der Waals surface area contributed by atoms with E-state index in [4.69, 9.17) is 4.74 Å². The number of sulfonamides is 1. The van der Waals surface area contributed by atoms with Gasteiger partial charge >= 0.3 is 167 Å². The monoisotopic (exact) mass is 664 g/mol. The molecule has 0 saturated carbocycles. The topological polar surface area (TPSA) is 108 Å². The quantitative estimate of drug-likeness (QED) is 0.235. The molecule has 0 radical (unpaired) electrons. The van der Waals surface area contributed by atoms with E-state index in [0.29, 0.717) is 27.7 Å². The van der Waals surface area contributed by atoms with E-state index in [0.717, 1.165) is 29.2 Å². The zero-order chi connectivity index (χ0) is 27.4. The third-order valence-corrected chi connectivity index (χ3v) is 12.5. The van der Waals surface area contributed by atoms with Gasteiger partial charge < -0.3 is 0 Å². The number of nitrogens with zero attached hydrogens (tertiary/aromatic N) is 3. The maximum atomic E-state index is 12.9. The predicted octanol–water partition coefficient (Wildman–Crippen LogP) is 5.76. The van der Waals surface area contributed by atoms with Gasteiger partial charge in [0.05, 0.1) is 0 Å². The number of para-hydroxylation sites is 1.